The van der Waals surface area contributed by atoms with Crippen LogP contribution in [-0.4, -0.2) is 140 Å². The maximum atomic E-state index is 12.9. The third kappa shape index (κ3) is 15.2. The molecular formula is C35H67NO13. The van der Waals surface area contributed by atoms with E-state index < -0.39 is 86.8 Å². The molecule has 2 rings (SSSR count). The van der Waals surface area contributed by atoms with Crippen molar-refractivity contribution in [1.82, 2.24) is 5.32 Å². The number of hydrogen-bond acceptors (Lipinski definition) is 13. The van der Waals surface area contributed by atoms with Gasteiger partial charge in [-0.1, -0.05) is 104 Å². The standard InChI is InChI=1S/C35H67NO13/c1-3-5-7-9-10-11-12-13-15-17-19-27(40)36-23(24(39)18-16-14-8-6-4-2)22-46-34-32(45)30(43)33(26(21-38)48-34)49-35-31(44)29(42)28(41)25(20-37)47-35/h23-26,28-35,37-39,41-45H,3-22H2,1-2H3,(H,36,40). The number of ether oxygens (including phenoxy) is 4. The first-order valence-corrected chi connectivity index (χ1v) is 18.8. The van der Waals surface area contributed by atoms with Gasteiger partial charge in [-0.3, -0.25) is 4.79 Å². The number of nitrogens with one attached hydrogen (secondary N) is 1. The summed E-state index contributed by atoms with van der Waals surface area (Å²) in [6.07, 6.45) is 0.487. The Morgan fingerprint density at radius 3 is 1.73 bits per heavy atom. The van der Waals surface area contributed by atoms with Gasteiger partial charge in [0.15, 0.2) is 12.6 Å². The second-order valence-electron chi connectivity index (χ2n) is 13.7. The van der Waals surface area contributed by atoms with Crippen LogP contribution in [0.4, 0.5) is 0 Å². The lowest BCUT2D eigenvalue weighted by Gasteiger charge is -2.46. The van der Waals surface area contributed by atoms with E-state index >= 15 is 0 Å². The van der Waals surface area contributed by atoms with E-state index in [0.29, 0.717) is 12.8 Å². The molecule has 290 valence electrons. The number of unbranched alkanes of at least 4 members (excludes halogenated alkanes) is 13. The van der Waals surface area contributed by atoms with Crippen molar-refractivity contribution >= 4 is 5.91 Å². The number of hydrogen-bond donors (Lipinski definition) is 9. The van der Waals surface area contributed by atoms with Gasteiger partial charge in [0, 0.05) is 6.42 Å². The summed E-state index contributed by atoms with van der Waals surface area (Å²) in [6, 6.07) is -0.814. The number of aliphatic hydroxyl groups excluding tert-OH is 8. The summed E-state index contributed by atoms with van der Waals surface area (Å²) in [5.74, 6) is -0.218. The predicted molar refractivity (Wildman–Crippen MR) is 180 cm³/mol. The van der Waals surface area contributed by atoms with Crippen molar-refractivity contribution in [3.63, 3.8) is 0 Å². The van der Waals surface area contributed by atoms with E-state index in [-0.39, 0.29) is 12.5 Å². The maximum absolute atomic E-state index is 12.9. The number of aliphatic hydroxyl groups is 8. The third-order valence-electron chi connectivity index (χ3n) is 9.57. The fourth-order valence-electron chi connectivity index (χ4n) is 6.35. The quantitative estimate of drug-likeness (QED) is 0.0575. The fourth-order valence-corrected chi connectivity index (χ4v) is 6.35. The first-order valence-electron chi connectivity index (χ1n) is 18.8. The molecule has 0 aromatic rings. The summed E-state index contributed by atoms with van der Waals surface area (Å²) in [7, 11) is 0. The van der Waals surface area contributed by atoms with Gasteiger partial charge < -0.3 is 65.1 Å². The highest BCUT2D eigenvalue weighted by molar-refractivity contribution is 5.76. The third-order valence-corrected chi connectivity index (χ3v) is 9.57. The topological polar surface area (TPSA) is 228 Å². The molecule has 1 amide bonds. The van der Waals surface area contributed by atoms with Crippen LogP contribution in [0, 0.1) is 0 Å². The van der Waals surface area contributed by atoms with Crippen molar-refractivity contribution < 1.29 is 64.6 Å². The summed E-state index contributed by atoms with van der Waals surface area (Å²) in [5.41, 5.74) is 0. The molecule has 0 radical (unpaired) electrons. The fraction of sp³-hybridized carbons (Fsp3) is 0.971. The van der Waals surface area contributed by atoms with Gasteiger partial charge in [0.1, 0.15) is 48.8 Å². The Morgan fingerprint density at radius 2 is 1.16 bits per heavy atom. The Labute approximate surface area is 292 Å². The smallest absolute Gasteiger partial charge is 0.220 e. The summed E-state index contributed by atoms with van der Waals surface area (Å²) >= 11 is 0. The molecule has 2 aliphatic heterocycles. The van der Waals surface area contributed by atoms with E-state index in [4.69, 9.17) is 18.9 Å². The molecule has 2 heterocycles. The van der Waals surface area contributed by atoms with Crippen molar-refractivity contribution in [1.29, 1.82) is 0 Å². The first-order chi connectivity index (χ1) is 23.6. The summed E-state index contributed by atoms with van der Waals surface area (Å²) in [6.45, 7) is 2.68. The van der Waals surface area contributed by atoms with Gasteiger partial charge in [-0.25, -0.2) is 0 Å². The molecule has 2 aliphatic rings. The Morgan fingerprint density at radius 1 is 0.653 bits per heavy atom. The van der Waals surface area contributed by atoms with Gasteiger partial charge in [0.25, 0.3) is 0 Å². The minimum atomic E-state index is -1.77. The SMILES string of the molecule is CCCCCCCCCCCCC(=O)NC(COC1OC(CO)C(OC2OC(CO)C(O)C(O)C2O)C(O)C1O)C(O)CCCCCCC. The minimum absolute atomic E-state index is 0.218. The van der Waals surface area contributed by atoms with Crippen LogP contribution in [0.2, 0.25) is 0 Å². The molecule has 14 nitrogen and oxygen atoms in total. The molecule has 2 fully saturated rings. The monoisotopic (exact) mass is 709 g/mol. The van der Waals surface area contributed by atoms with Gasteiger partial charge in [0.2, 0.25) is 5.91 Å². The highest BCUT2D eigenvalue weighted by Crippen LogP contribution is 2.30. The number of amides is 1. The van der Waals surface area contributed by atoms with Crippen molar-refractivity contribution in [3.8, 4) is 0 Å². The van der Waals surface area contributed by atoms with Gasteiger partial charge in [0.05, 0.1) is 32.0 Å². The van der Waals surface area contributed by atoms with Crippen molar-refractivity contribution in [2.45, 2.75) is 197 Å². The Kier molecular flexibility index (Phi) is 22.6. The van der Waals surface area contributed by atoms with E-state index in [0.717, 1.165) is 57.8 Å². The van der Waals surface area contributed by atoms with Crippen LogP contribution in [0.1, 0.15) is 123 Å². The molecule has 12 atom stereocenters. The average Bonchev–Trinajstić information content (AvgIpc) is 3.09. The molecule has 49 heavy (non-hydrogen) atoms. The number of carbonyl (C=O) groups excluding carboxylic acids is 1. The molecule has 0 aromatic carbocycles. The molecule has 14 heteroatoms. The van der Waals surface area contributed by atoms with Gasteiger partial charge in [-0.2, -0.15) is 0 Å². The van der Waals surface area contributed by atoms with E-state index in [9.17, 15) is 45.6 Å². The summed E-state index contributed by atoms with van der Waals surface area (Å²) in [5, 5.41) is 85.7. The van der Waals surface area contributed by atoms with Crippen LogP contribution >= 0.6 is 0 Å². The molecule has 0 aliphatic carbocycles. The zero-order chi connectivity index (χ0) is 36.2. The average molecular weight is 710 g/mol. The predicted octanol–water partition coefficient (Wildman–Crippen LogP) is 1.14. The van der Waals surface area contributed by atoms with Gasteiger partial charge in [-0.05, 0) is 12.8 Å². The van der Waals surface area contributed by atoms with E-state index in [1.165, 1.54) is 38.5 Å². The van der Waals surface area contributed by atoms with E-state index in [1.807, 2.05) is 0 Å². The molecule has 9 N–H and O–H groups in total. The zero-order valence-corrected chi connectivity index (χ0v) is 29.7. The molecule has 0 saturated carbocycles. The van der Waals surface area contributed by atoms with Crippen LogP contribution in [-0.2, 0) is 23.7 Å². The second-order valence-corrected chi connectivity index (χ2v) is 13.7. The van der Waals surface area contributed by atoms with E-state index in [1.54, 1.807) is 0 Å². The minimum Gasteiger partial charge on any atom is -0.394 e. The zero-order valence-electron chi connectivity index (χ0n) is 29.7. The van der Waals surface area contributed by atoms with Crippen LogP contribution in [0.15, 0.2) is 0 Å². The summed E-state index contributed by atoms with van der Waals surface area (Å²) < 4.78 is 22.4. The van der Waals surface area contributed by atoms with Crippen molar-refractivity contribution in [2.24, 2.45) is 0 Å². The molecule has 12 unspecified atom stereocenters. The molecule has 0 bridgehead atoms. The second kappa shape index (κ2) is 25.0. The number of rotatable bonds is 26. The lowest BCUT2D eigenvalue weighted by atomic mass is 9.97. The van der Waals surface area contributed by atoms with Crippen molar-refractivity contribution in [2.75, 3.05) is 19.8 Å². The number of carbonyl (C=O) groups is 1. The van der Waals surface area contributed by atoms with E-state index in [2.05, 4.69) is 19.2 Å². The lowest BCUT2D eigenvalue weighted by Crippen LogP contribution is -2.65. The highest BCUT2D eigenvalue weighted by Gasteiger charge is 2.50. The van der Waals surface area contributed by atoms with Crippen LogP contribution in [0.25, 0.3) is 0 Å². The lowest BCUT2D eigenvalue weighted by molar-refractivity contribution is -0.359. The van der Waals surface area contributed by atoms with Crippen LogP contribution in [0.3, 0.4) is 0 Å². The Bertz CT molecular complexity index is 852. The summed E-state index contributed by atoms with van der Waals surface area (Å²) in [4.78, 5) is 12.9. The Balaban J connectivity index is 1.93. The maximum Gasteiger partial charge on any atom is 0.220 e. The Hall–Kier alpha value is -1.01. The van der Waals surface area contributed by atoms with Gasteiger partial charge in [-0.15, -0.1) is 0 Å². The molecule has 0 spiro atoms. The largest absolute Gasteiger partial charge is 0.394 e. The first kappa shape index (κ1) is 44.2. The molecule has 0 aromatic heterocycles. The van der Waals surface area contributed by atoms with Crippen LogP contribution in [0.5, 0.6) is 0 Å². The van der Waals surface area contributed by atoms with Crippen molar-refractivity contribution in [3.05, 3.63) is 0 Å². The van der Waals surface area contributed by atoms with Crippen LogP contribution < -0.4 is 5.32 Å². The highest BCUT2D eigenvalue weighted by atomic mass is 16.7. The normalized spacial score (nSPS) is 31.8. The van der Waals surface area contributed by atoms with Gasteiger partial charge >= 0.3 is 0 Å². The molecule has 2 saturated heterocycles. The molecular weight excluding hydrogens is 642 g/mol.